The minimum Gasteiger partial charge on any atom is -0.308 e. The zero-order valence-electron chi connectivity index (χ0n) is 16.3. The number of benzene rings is 2. The Balaban J connectivity index is 1.50. The van der Waals surface area contributed by atoms with Gasteiger partial charge in [-0.2, -0.15) is 0 Å². The molecule has 158 valence electrons. The van der Waals surface area contributed by atoms with Crippen molar-refractivity contribution in [1.82, 2.24) is 4.72 Å². The maximum absolute atomic E-state index is 12.7. The van der Waals surface area contributed by atoms with Crippen LogP contribution in [0, 0.1) is 0 Å². The molecule has 1 aliphatic carbocycles. The first kappa shape index (κ1) is 21.4. The van der Waals surface area contributed by atoms with Gasteiger partial charge < -0.3 is 4.90 Å². The molecule has 2 aromatic carbocycles. The summed E-state index contributed by atoms with van der Waals surface area (Å²) in [6.45, 7) is 0.506. The Bertz CT molecular complexity index is 1110. The lowest BCUT2D eigenvalue weighted by Crippen LogP contribution is -2.32. The monoisotopic (exact) mass is 464 g/mol. The van der Waals surface area contributed by atoms with Crippen LogP contribution in [0.1, 0.15) is 36.8 Å². The number of nitrogens with zero attached hydrogens (tertiary/aromatic N) is 1. The Kier molecular flexibility index (Phi) is 6.21. The molecule has 2 aromatic rings. The highest BCUT2D eigenvalue weighted by Gasteiger charge is 2.27. The highest BCUT2D eigenvalue weighted by Crippen LogP contribution is 2.31. The van der Waals surface area contributed by atoms with Crippen molar-refractivity contribution in [2.75, 3.05) is 11.4 Å². The molecule has 0 unspecified atom stereocenters. The predicted molar refractivity (Wildman–Crippen MR) is 121 cm³/mol. The van der Waals surface area contributed by atoms with E-state index in [-0.39, 0.29) is 16.8 Å². The predicted octanol–water partition coefficient (Wildman–Crippen LogP) is 4.82. The van der Waals surface area contributed by atoms with E-state index < -0.39 is 10.0 Å². The summed E-state index contributed by atoms with van der Waals surface area (Å²) in [5.41, 5.74) is 2.30. The van der Waals surface area contributed by atoms with Crippen molar-refractivity contribution in [3.8, 4) is 0 Å². The molecule has 4 rings (SSSR count). The summed E-state index contributed by atoms with van der Waals surface area (Å²) in [7, 11) is -3.55. The second kappa shape index (κ2) is 8.71. The van der Waals surface area contributed by atoms with Crippen LogP contribution in [-0.4, -0.2) is 26.9 Å². The van der Waals surface area contributed by atoms with Crippen LogP contribution in [0.25, 0.3) is 6.08 Å². The third-order valence-corrected chi connectivity index (χ3v) is 7.65. The topological polar surface area (TPSA) is 66.5 Å². The summed E-state index contributed by atoms with van der Waals surface area (Å²) >= 11 is 12.1. The highest BCUT2D eigenvalue weighted by atomic mass is 35.5. The van der Waals surface area contributed by atoms with E-state index in [0.29, 0.717) is 28.6 Å². The van der Waals surface area contributed by atoms with Gasteiger partial charge in [0.05, 0.1) is 4.90 Å². The van der Waals surface area contributed by atoms with Gasteiger partial charge in [0.2, 0.25) is 10.0 Å². The van der Waals surface area contributed by atoms with Gasteiger partial charge in [0, 0.05) is 34.4 Å². The Morgan fingerprint density at radius 1 is 1.10 bits per heavy atom. The van der Waals surface area contributed by atoms with Gasteiger partial charge in [-0.3, -0.25) is 4.79 Å². The molecule has 8 heteroatoms. The smallest absolute Gasteiger partial charge is 0.251 e. The zero-order chi connectivity index (χ0) is 21.3. The van der Waals surface area contributed by atoms with Crippen molar-refractivity contribution in [2.24, 2.45) is 0 Å². The van der Waals surface area contributed by atoms with Crippen LogP contribution in [0.2, 0.25) is 10.0 Å². The molecular formula is C22H22Cl2N2O3S. The number of anilines is 1. The average Bonchev–Trinajstić information content (AvgIpc) is 3.35. The van der Waals surface area contributed by atoms with Crippen LogP contribution < -0.4 is 9.62 Å². The second-order valence-corrected chi connectivity index (χ2v) is 10.2. The number of halogens is 2. The second-order valence-electron chi connectivity index (χ2n) is 7.63. The van der Waals surface area contributed by atoms with Gasteiger partial charge in [-0.05, 0) is 66.8 Å². The molecule has 1 saturated carbocycles. The average molecular weight is 465 g/mol. The quantitative estimate of drug-likeness (QED) is 0.645. The van der Waals surface area contributed by atoms with Crippen molar-refractivity contribution >= 4 is 50.9 Å². The molecule has 30 heavy (non-hydrogen) atoms. The van der Waals surface area contributed by atoms with Crippen molar-refractivity contribution in [2.45, 2.75) is 43.0 Å². The molecule has 1 fully saturated rings. The van der Waals surface area contributed by atoms with Crippen molar-refractivity contribution < 1.29 is 13.2 Å². The molecular weight excluding hydrogens is 443 g/mol. The van der Waals surface area contributed by atoms with Crippen LogP contribution >= 0.6 is 23.2 Å². The van der Waals surface area contributed by atoms with Gasteiger partial charge in [-0.15, -0.1) is 0 Å². The fourth-order valence-corrected chi connectivity index (χ4v) is 5.82. The number of hydrogen-bond acceptors (Lipinski definition) is 3. The number of sulfonamides is 1. The summed E-state index contributed by atoms with van der Waals surface area (Å²) in [6.07, 6.45) is 7.63. The van der Waals surface area contributed by atoms with E-state index in [4.69, 9.17) is 23.2 Å². The van der Waals surface area contributed by atoms with Crippen LogP contribution in [0.4, 0.5) is 5.69 Å². The molecule has 1 N–H and O–H groups in total. The molecule has 1 aliphatic heterocycles. The van der Waals surface area contributed by atoms with E-state index in [9.17, 15) is 13.2 Å². The highest BCUT2D eigenvalue weighted by molar-refractivity contribution is 7.89. The van der Waals surface area contributed by atoms with Gasteiger partial charge in [0.1, 0.15) is 0 Å². The number of carbonyl (C=O) groups excluding carboxylic acids is 1. The van der Waals surface area contributed by atoms with Crippen molar-refractivity contribution in [3.63, 3.8) is 0 Å². The fourth-order valence-electron chi connectivity index (χ4n) is 3.99. The summed E-state index contributed by atoms with van der Waals surface area (Å²) in [5, 5.41) is 1.00. The van der Waals surface area contributed by atoms with Crippen molar-refractivity contribution in [3.05, 3.63) is 63.6 Å². The SMILES string of the molecule is O=C(/C=C/c1ccc(Cl)cc1Cl)N1CCc2cc(S(=O)(=O)NC3CCCC3)ccc21. The third kappa shape index (κ3) is 4.57. The van der Waals surface area contributed by atoms with Gasteiger partial charge in [-0.1, -0.05) is 42.1 Å². The van der Waals surface area contributed by atoms with E-state index in [1.54, 1.807) is 47.4 Å². The van der Waals surface area contributed by atoms with Crippen molar-refractivity contribution in [1.29, 1.82) is 0 Å². The van der Waals surface area contributed by atoms with Crippen LogP contribution in [0.3, 0.4) is 0 Å². The number of amides is 1. The van der Waals surface area contributed by atoms with E-state index in [0.717, 1.165) is 36.9 Å². The number of hydrogen-bond donors (Lipinski definition) is 1. The zero-order valence-corrected chi connectivity index (χ0v) is 18.6. The van der Waals surface area contributed by atoms with Crippen LogP contribution in [0.5, 0.6) is 0 Å². The molecule has 0 spiro atoms. The molecule has 5 nitrogen and oxygen atoms in total. The first-order valence-corrected chi connectivity index (χ1v) is 12.2. The van der Waals surface area contributed by atoms with E-state index in [1.165, 1.54) is 6.08 Å². The van der Waals surface area contributed by atoms with Gasteiger partial charge in [0.15, 0.2) is 0 Å². The Hall–Kier alpha value is -1.86. The molecule has 0 atom stereocenters. The Morgan fingerprint density at radius 3 is 2.60 bits per heavy atom. The van der Waals surface area contributed by atoms with E-state index in [1.807, 2.05) is 0 Å². The molecule has 0 aromatic heterocycles. The normalized spacial score (nSPS) is 17.1. The standard InChI is InChI=1S/C22H22Cl2N2O3S/c23-17-7-5-15(20(24)14-17)6-10-22(27)26-12-11-16-13-19(8-9-21(16)26)30(28,29)25-18-3-1-2-4-18/h5-10,13-14,18,25H,1-4,11-12H2/b10-6+. The molecule has 0 bridgehead atoms. The Labute approximate surface area is 186 Å². The minimum absolute atomic E-state index is 0.0196. The maximum Gasteiger partial charge on any atom is 0.251 e. The largest absolute Gasteiger partial charge is 0.308 e. The molecule has 0 radical (unpaired) electrons. The minimum atomic E-state index is -3.55. The fraction of sp³-hybridized carbons (Fsp3) is 0.318. The molecule has 1 heterocycles. The van der Waals surface area contributed by atoms with Gasteiger partial charge in [0.25, 0.3) is 5.91 Å². The molecule has 1 amide bonds. The molecule has 0 saturated heterocycles. The Morgan fingerprint density at radius 2 is 1.87 bits per heavy atom. The van der Waals surface area contributed by atoms with Crippen LogP contribution in [0.15, 0.2) is 47.4 Å². The number of fused-ring (bicyclic) bond motifs is 1. The summed E-state index contributed by atoms with van der Waals surface area (Å²) in [5.74, 6) is -0.181. The lowest BCUT2D eigenvalue weighted by Gasteiger charge is -2.16. The van der Waals surface area contributed by atoms with E-state index >= 15 is 0 Å². The number of carbonyl (C=O) groups is 1. The number of nitrogens with one attached hydrogen (secondary N) is 1. The lowest BCUT2D eigenvalue weighted by atomic mass is 10.2. The lowest BCUT2D eigenvalue weighted by molar-refractivity contribution is -0.114. The molecule has 2 aliphatic rings. The van der Waals surface area contributed by atoms with Gasteiger partial charge >= 0.3 is 0 Å². The number of rotatable bonds is 5. The van der Waals surface area contributed by atoms with Gasteiger partial charge in [-0.25, -0.2) is 13.1 Å². The summed E-state index contributed by atoms with van der Waals surface area (Å²) in [4.78, 5) is 14.6. The third-order valence-electron chi connectivity index (χ3n) is 5.57. The first-order valence-electron chi connectivity index (χ1n) is 9.93. The summed E-state index contributed by atoms with van der Waals surface area (Å²) < 4.78 is 28.2. The summed E-state index contributed by atoms with van der Waals surface area (Å²) in [6, 6.07) is 10.1. The first-order chi connectivity index (χ1) is 14.3. The maximum atomic E-state index is 12.7. The van der Waals surface area contributed by atoms with Crippen LogP contribution in [-0.2, 0) is 21.2 Å². The van der Waals surface area contributed by atoms with E-state index in [2.05, 4.69) is 4.72 Å².